The minimum absolute atomic E-state index is 0.259. The molecule has 3 heterocycles. The lowest BCUT2D eigenvalue weighted by atomic mass is 10.2. The molecule has 0 radical (unpaired) electrons. The van der Waals surface area contributed by atoms with E-state index in [4.69, 9.17) is 9.72 Å². The number of rotatable bonds is 4. The smallest absolute Gasteiger partial charge is 0.136 e. The highest BCUT2D eigenvalue weighted by Crippen LogP contribution is 2.27. The molecule has 0 bridgehead atoms. The lowest BCUT2D eigenvalue weighted by molar-refractivity contribution is 0.0564. The number of hydrogen-bond donors (Lipinski definition) is 1. The fourth-order valence-electron chi connectivity index (χ4n) is 3.20. The molecule has 0 saturated heterocycles. The molecule has 5 heteroatoms. The van der Waals surface area contributed by atoms with Crippen LogP contribution < -0.4 is 5.32 Å². The quantitative estimate of drug-likeness (QED) is 0.805. The maximum atomic E-state index is 5.74. The Morgan fingerprint density at radius 2 is 2.22 bits per heavy atom. The number of nitrogens with one attached hydrogen (secondary N) is 1. The van der Waals surface area contributed by atoms with Crippen LogP contribution in [0.5, 0.6) is 0 Å². The van der Waals surface area contributed by atoms with E-state index in [9.17, 15) is 0 Å². The first kappa shape index (κ1) is 14.4. The molecule has 1 aliphatic rings. The molecule has 0 saturated carbocycles. The largest absolute Gasteiger partial charge is 0.371 e. The minimum atomic E-state index is 0.259. The van der Waals surface area contributed by atoms with Crippen molar-refractivity contribution in [2.75, 3.05) is 13.2 Å². The van der Waals surface area contributed by atoms with E-state index in [0.717, 1.165) is 30.1 Å². The summed E-state index contributed by atoms with van der Waals surface area (Å²) >= 11 is 0. The highest BCUT2D eigenvalue weighted by molar-refractivity contribution is 5.79. The third-order valence-corrected chi connectivity index (χ3v) is 4.31. The van der Waals surface area contributed by atoms with Crippen molar-refractivity contribution in [1.82, 2.24) is 19.9 Å². The van der Waals surface area contributed by atoms with Crippen LogP contribution in [0.15, 0.2) is 42.6 Å². The van der Waals surface area contributed by atoms with Crippen LogP contribution in [-0.2, 0) is 17.9 Å². The van der Waals surface area contributed by atoms with E-state index >= 15 is 0 Å². The van der Waals surface area contributed by atoms with Crippen molar-refractivity contribution in [1.29, 1.82) is 0 Å². The van der Waals surface area contributed by atoms with Crippen LogP contribution in [0, 0.1) is 6.92 Å². The Kier molecular flexibility index (Phi) is 3.81. The van der Waals surface area contributed by atoms with Gasteiger partial charge in [-0.05, 0) is 30.7 Å². The molecule has 1 aromatic carbocycles. The predicted molar refractivity (Wildman–Crippen MR) is 89.1 cm³/mol. The van der Waals surface area contributed by atoms with Gasteiger partial charge in [0.2, 0.25) is 0 Å². The summed E-state index contributed by atoms with van der Waals surface area (Å²) in [5.41, 5.74) is 4.55. The molecule has 1 N–H and O–H groups in total. The maximum Gasteiger partial charge on any atom is 0.136 e. The maximum absolute atomic E-state index is 5.74. The van der Waals surface area contributed by atoms with Gasteiger partial charge in [0.1, 0.15) is 12.4 Å². The van der Waals surface area contributed by atoms with Gasteiger partial charge >= 0.3 is 0 Å². The molecule has 23 heavy (non-hydrogen) atoms. The van der Waals surface area contributed by atoms with E-state index in [1.54, 1.807) is 0 Å². The third-order valence-electron chi connectivity index (χ3n) is 4.31. The fraction of sp³-hybridized carbons (Fsp3) is 0.333. The van der Waals surface area contributed by atoms with E-state index in [1.807, 2.05) is 24.4 Å². The topological polar surface area (TPSA) is 52.0 Å². The molecule has 1 atom stereocenters. The van der Waals surface area contributed by atoms with Gasteiger partial charge < -0.3 is 14.6 Å². The number of aryl methyl sites for hydroxylation is 1. The molecule has 0 unspecified atom stereocenters. The van der Waals surface area contributed by atoms with Crippen LogP contribution in [0.25, 0.3) is 11.0 Å². The Labute approximate surface area is 135 Å². The van der Waals surface area contributed by atoms with E-state index in [1.165, 1.54) is 11.1 Å². The van der Waals surface area contributed by atoms with Gasteiger partial charge in [-0.1, -0.05) is 18.2 Å². The first-order valence-electron chi connectivity index (χ1n) is 7.98. The zero-order valence-electron chi connectivity index (χ0n) is 13.2. The zero-order valence-corrected chi connectivity index (χ0v) is 13.2. The monoisotopic (exact) mass is 308 g/mol. The van der Waals surface area contributed by atoms with E-state index in [2.05, 4.69) is 40.0 Å². The van der Waals surface area contributed by atoms with Crippen molar-refractivity contribution in [2.45, 2.75) is 26.1 Å². The zero-order chi connectivity index (χ0) is 15.6. The second kappa shape index (κ2) is 6.10. The summed E-state index contributed by atoms with van der Waals surface area (Å²) in [6.07, 6.45) is 1.82. The van der Waals surface area contributed by atoms with Gasteiger partial charge in [0.25, 0.3) is 0 Å². The molecule has 3 aromatic rings. The molecular formula is C18H20N4O. The van der Waals surface area contributed by atoms with Crippen LogP contribution in [0.2, 0.25) is 0 Å². The Morgan fingerprint density at radius 3 is 3.09 bits per heavy atom. The number of aromatic nitrogens is 3. The van der Waals surface area contributed by atoms with Gasteiger partial charge in [0.05, 0.1) is 29.4 Å². The number of ether oxygens (including phenoxy) is 1. The first-order valence-corrected chi connectivity index (χ1v) is 7.98. The van der Waals surface area contributed by atoms with Crippen LogP contribution in [0.1, 0.15) is 23.1 Å². The summed E-state index contributed by atoms with van der Waals surface area (Å²) < 4.78 is 8.07. The van der Waals surface area contributed by atoms with Crippen LogP contribution in [-0.4, -0.2) is 27.7 Å². The van der Waals surface area contributed by atoms with Gasteiger partial charge in [-0.2, -0.15) is 0 Å². The van der Waals surface area contributed by atoms with E-state index < -0.39 is 0 Å². The van der Waals surface area contributed by atoms with Crippen molar-refractivity contribution in [2.24, 2.45) is 0 Å². The second-order valence-corrected chi connectivity index (χ2v) is 5.96. The summed E-state index contributed by atoms with van der Waals surface area (Å²) in [5, 5.41) is 3.49. The SMILES string of the molecule is Cc1cccc2c1nc1n2[C@@H](CNCc2ccccn2)COC1. The van der Waals surface area contributed by atoms with Gasteiger partial charge in [0.15, 0.2) is 0 Å². The molecule has 2 aromatic heterocycles. The number of imidazole rings is 1. The molecule has 0 amide bonds. The minimum Gasteiger partial charge on any atom is -0.371 e. The number of hydrogen-bond acceptors (Lipinski definition) is 4. The number of nitrogens with zero attached hydrogens (tertiary/aromatic N) is 3. The van der Waals surface area contributed by atoms with Crippen molar-refractivity contribution in [3.05, 3.63) is 59.7 Å². The van der Waals surface area contributed by atoms with Crippen molar-refractivity contribution in [3.8, 4) is 0 Å². The summed E-state index contributed by atoms with van der Waals surface area (Å²) in [6.45, 7) is 5.00. The third kappa shape index (κ3) is 2.73. The summed E-state index contributed by atoms with van der Waals surface area (Å²) in [5.74, 6) is 1.02. The second-order valence-electron chi connectivity index (χ2n) is 5.96. The van der Waals surface area contributed by atoms with E-state index in [0.29, 0.717) is 13.2 Å². The Balaban J connectivity index is 1.55. The average Bonchev–Trinajstić information content (AvgIpc) is 2.97. The van der Waals surface area contributed by atoms with Gasteiger partial charge in [-0.15, -0.1) is 0 Å². The summed E-state index contributed by atoms with van der Waals surface area (Å²) in [7, 11) is 0. The van der Waals surface area contributed by atoms with Gasteiger partial charge in [0, 0.05) is 19.3 Å². The molecule has 5 nitrogen and oxygen atoms in total. The summed E-state index contributed by atoms with van der Waals surface area (Å²) in [4.78, 5) is 9.11. The Hall–Kier alpha value is -2.24. The number of para-hydroxylation sites is 1. The van der Waals surface area contributed by atoms with Crippen molar-refractivity contribution >= 4 is 11.0 Å². The number of fused-ring (bicyclic) bond motifs is 3. The lowest BCUT2D eigenvalue weighted by Crippen LogP contribution is -2.32. The standard InChI is InChI=1S/C18H20N4O/c1-13-5-4-7-16-18(13)21-17-12-23-11-15(22(16)17)10-19-9-14-6-2-3-8-20-14/h2-8,15,19H,9-12H2,1H3/t15-/m0/s1. The number of pyridine rings is 1. The predicted octanol–water partition coefficient (Wildman–Crippen LogP) is 2.60. The normalized spacial score (nSPS) is 17.3. The molecule has 0 fully saturated rings. The van der Waals surface area contributed by atoms with Crippen LogP contribution >= 0.6 is 0 Å². The molecule has 4 rings (SSSR count). The molecule has 0 spiro atoms. The highest BCUT2D eigenvalue weighted by Gasteiger charge is 2.24. The van der Waals surface area contributed by atoms with E-state index in [-0.39, 0.29) is 6.04 Å². The number of benzene rings is 1. The van der Waals surface area contributed by atoms with Gasteiger partial charge in [-0.3, -0.25) is 4.98 Å². The van der Waals surface area contributed by atoms with Gasteiger partial charge in [-0.25, -0.2) is 4.98 Å². The van der Waals surface area contributed by atoms with Crippen LogP contribution in [0.3, 0.4) is 0 Å². The van der Waals surface area contributed by atoms with Crippen molar-refractivity contribution < 1.29 is 4.74 Å². The Morgan fingerprint density at radius 1 is 1.26 bits per heavy atom. The summed E-state index contributed by atoms with van der Waals surface area (Å²) in [6, 6.07) is 12.6. The highest BCUT2D eigenvalue weighted by atomic mass is 16.5. The molecule has 118 valence electrons. The van der Waals surface area contributed by atoms with Crippen molar-refractivity contribution in [3.63, 3.8) is 0 Å². The molecule has 0 aliphatic carbocycles. The fourth-order valence-corrected chi connectivity index (χ4v) is 3.20. The average molecular weight is 308 g/mol. The molecular weight excluding hydrogens is 288 g/mol. The lowest BCUT2D eigenvalue weighted by Gasteiger charge is -2.26. The first-order chi connectivity index (χ1) is 11.3. The molecule has 1 aliphatic heterocycles. The Bertz CT molecular complexity index is 813. The van der Waals surface area contributed by atoms with Crippen LogP contribution in [0.4, 0.5) is 0 Å².